The van der Waals surface area contributed by atoms with Crippen LogP contribution in [-0.4, -0.2) is 47.3 Å². The van der Waals surface area contributed by atoms with Crippen LogP contribution in [0.4, 0.5) is 10.8 Å². The van der Waals surface area contributed by atoms with Gasteiger partial charge in [0.1, 0.15) is 0 Å². The van der Waals surface area contributed by atoms with Crippen LogP contribution < -0.4 is 10.2 Å². The zero-order valence-corrected chi connectivity index (χ0v) is 17.6. The fraction of sp³-hybridized carbons (Fsp3) is 0.318. The van der Waals surface area contributed by atoms with Gasteiger partial charge in [0.15, 0.2) is 10.8 Å². The number of nitrogens with one attached hydrogen (secondary N) is 1. The second-order valence-electron chi connectivity index (χ2n) is 7.17. The van der Waals surface area contributed by atoms with Crippen molar-refractivity contribution >= 4 is 28.1 Å². The number of amides is 1. The molecule has 0 saturated carbocycles. The molecule has 1 amide bonds. The maximum Gasteiger partial charge on any atom is 0.278 e. The summed E-state index contributed by atoms with van der Waals surface area (Å²) in [7, 11) is 1.66. The zero-order chi connectivity index (χ0) is 20.9. The van der Waals surface area contributed by atoms with Gasteiger partial charge in [-0.2, -0.15) is 0 Å². The summed E-state index contributed by atoms with van der Waals surface area (Å²) in [6.45, 7) is 1.90. The number of nitrogens with zero attached hydrogens (tertiary/aromatic N) is 3. The first-order valence-electron chi connectivity index (χ1n) is 9.88. The van der Waals surface area contributed by atoms with Crippen LogP contribution >= 0.6 is 11.3 Å². The number of piperidine rings is 1. The minimum Gasteiger partial charge on any atom is -0.393 e. The van der Waals surface area contributed by atoms with Crippen LogP contribution in [0.1, 0.15) is 28.9 Å². The number of ether oxygens (including phenoxy) is 1. The number of aromatic nitrogens is 2. The monoisotopic (exact) mass is 424 g/mol. The highest BCUT2D eigenvalue weighted by Crippen LogP contribution is 2.29. The Kier molecular flexibility index (Phi) is 6.37. The molecule has 7 nitrogen and oxygen atoms in total. The largest absolute Gasteiger partial charge is 0.393 e. The molecule has 8 heteroatoms. The van der Waals surface area contributed by atoms with E-state index < -0.39 is 0 Å². The molecule has 4 rings (SSSR count). The van der Waals surface area contributed by atoms with E-state index in [-0.39, 0.29) is 12.0 Å². The van der Waals surface area contributed by atoms with Crippen LogP contribution in [0.15, 0.2) is 48.0 Å². The first-order valence-corrected chi connectivity index (χ1v) is 10.8. The molecule has 0 radical (unpaired) electrons. The summed E-state index contributed by atoms with van der Waals surface area (Å²) in [5.74, 6) is -0.289. The SMILES string of the molecule is COCc1ccccc1-c1csc(NC(=O)c2ncccc2N2CCC(O)CC2)n1. The summed E-state index contributed by atoms with van der Waals surface area (Å²) < 4.78 is 5.27. The minimum absolute atomic E-state index is 0.273. The maximum atomic E-state index is 13.0. The third-order valence-corrected chi connectivity index (χ3v) is 5.88. The molecule has 1 saturated heterocycles. The molecule has 0 aliphatic carbocycles. The van der Waals surface area contributed by atoms with Crippen LogP contribution in [0, 0.1) is 0 Å². The Balaban J connectivity index is 1.52. The van der Waals surface area contributed by atoms with E-state index in [0.717, 1.165) is 22.5 Å². The average Bonchev–Trinajstić information content (AvgIpc) is 3.23. The lowest BCUT2D eigenvalue weighted by Gasteiger charge is -2.32. The van der Waals surface area contributed by atoms with Gasteiger partial charge in [-0.1, -0.05) is 24.3 Å². The molecule has 1 aromatic carbocycles. The number of benzene rings is 1. The molecule has 0 spiro atoms. The number of pyridine rings is 1. The number of methoxy groups -OCH3 is 1. The van der Waals surface area contributed by atoms with Crippen LogP contribution in [0.2, 0.25) is 0 Å². The number of rotatable bonds is 6. The van der Waals surface area contributed by atoms with Gasteiger partial charge in [-0.15, -0.1) is 11.3 Å². The molecule has 1 aliphatic heterocycles. The van der Waals surface area contributed by atoms with E-state index in [2.05, 4.69) is 20.2 Å². The quantitative estimate of drug-likeness (QED) is 0.629. The van der Waals surface area contributed by atoms with Gasteiger partial charge >= 0.3 is 0 Å². The first-order chi connectivity index (χ1) is 14.7. The minimum atomic E-state index is -0.289. The van der Waals surface area contributed by atoms with Gasteiger partial charge in [-0.05, 0) is 30.5 Å². The Morgan fingerprint density at radius 3 is 2.87 bits per heavy atom. The van der Waals surface area contributed by atoms with E-state index in [0.29, 0.717) is 43.4 Å². The second-order valence-corrected chi connectivity index (χ2v) is 8.03. The number of anilines is 2. The summed E-state index contributed by atoms with van der Waals surface area (Å²) in [4.78, 5) is 24.0. The standard InChI is InChI=1S/C22H24N4O3S/c1-29-13-15-5-2-3-6-17(15)18-14-30-22(24-18)25-21(28)20-19(7-4-10-23-20)26-11-8-16(27)9-12-26/h2-7,10,14,16,27H,8-9,11-13H2,1H3,(H,24,25,28). The van der Waals surface area contributed by atoms with Gasteiger partial charge in [0.25, 0.3) is 5.91 Å². The van der Waals surface area contributed by atoms with Gasteiger partial charge in [0.2, 0.25) is 0 Å². The van der Waals surface area contributed by atoms with E-state index in [1.807, 2.05) is 41.8 Å². The van der Waals surface area contributed by atoms with Crippen molar-refractivity contribution in [2.45, 2.75) is 25.6 Å². The molecule has 0 atom stereocenters. The Morgan fingerprint density at radius 1 is 1.27 bits per heavy atom. The summed E-state index contributed by atoms with van der Waals surface area (Å²) in [5, 5.41) is 15.1. The molecule has 0 unspecified atom stereocenters. The Hall–Kier alpha value is -2.81. The summed E-state index contributed by atoms with van der Waals surface area (Å²) >= 11 is 1.38. The van der Waals surface area contributed by atoms with Crippen molar-refractivity contribution in [1.82, 2.24) is 9.97 Å². The topological polar surface area (TPSA) is 87.6 Å². The Morgan fingerprint density at radius 2 is 2.07 bits per heavy atom. The molecule has 156 valence electrons. The highest BCUT2D eigenvalue weighted by atomic mass is 32.1. The maximum absolute atomic E-state index is 13.0. The Bertz CT molecular complexity index is 1010. The molecule has 0 bridgehead atoms. The van der Waals surface area contributed by atoms with Gasteiger partial charge < -0.3 is 14.7 Å². The number of aliphatic hydroxyl groups excluding tert-OH is 1. The fourth-order valence-corrected chi connectivity index (χ4v) is 4.30. The number of carbonyl (C=O) groups excluding carboxylic acids is 1. The van der Waals surface area contributed by atoms with Crippen LogP contribution in [0.25, 0.3) is 11.3 Å². The van der Waals surface area contributed by atoms with Crippen molar-refractivity contribution < 1.29 is 14.6 Å². The molecule has 3 heterocycles. The van der Waals surface area contributed by atoms with Gasteiger partial charge in [0, 0.05) is 37.3 Å². The Labute approximate surface area is 179 Å². The van der Waals surface area contributed by atoms with E-state index in [1.165, 1.54) is 11.3 Å². The van der Waals surface area contributed by atoms with Crippen molar-refractivity contribution in [3.8, 4) is 11.3 Å². The van der Waals surface area contributed by atoms with Gasteiger partial charge in [0.05, 0.1) is 24.1 Å². The van der Waals surface area contributed by atoms with E-state index in [4.69, 9.17) is 4.74 Å². The smallest absolute Gasteiger partial charge is 0.278 e. The van der Waals surface area contributed by atoms with Crippen molar-refractivity contribution in [1.29, 1.82) is 0 Å². The predicted molar refractivity (Wildman–Crippen MR) is 118 cm³/mol. The molecular weight excluding hydrogens is 400 g/mol. The molecule has 30 heavy (non-hydrogen) atoms. The molecule has 3 aromatic rings. The molecular formula is C22H24N4O3S. The van der Waals surface area contributed by atoms with Crippen LogP contribution in [0.3, 0.4) is 0 Å². The predicted octanol–water partition coefficient (Wildman–Crippen LogP) is 3.56. The van der Waals surface area contributed by atoms with Crippen molar-refractivity contribution in [3.63, 3.8) is 0 Å². The number of hydrogen-bond donors (Lipinski definition) is 2. The van der Waals surface area contributed by atoms with Crippen molar-refractivity contribution in [3.05, 3.63) is 59.2 Å². The number of hydrogen-bond acceptors (Lipinski definition) is 7. The molecule has 2 aromatic heterocycles. The van der Waals surface area contributed by atoms with Crippen molar-refractivity contribution in [2.24, 2.45) is 0 Å². The summed E-state index contributed by atoms with van der Waals surface area (Å²) in [5.41, 5.74) is 3.98. The third kappa shape index (κ3) is 4.51. The average molecular weight is 425 g/mol. The van der Waals surface area contributed by atoms with E-state index in [1.54, 1.807) is 13.3 Å². The van der Waals surface area contributed by atoms with E-state index >= 15 is 0 Å². The van der Waals surface area contributed by atoms with Crippen LogP contribution in [-0.2, 0) is 11.3 Å². The van der Waals surface area contributed by atoms with Crippen LogP contribution in [0.5, 0.6) is 0 Å². The third-order valence-electron chi connectivity index (χ3n) is 5.12. The highest BCUT2D eigenvalue weighted by molar-refractivity contribution is 7.14. The fourth-order valence-electron chi connectivity index (χ4n) is 3.60. The molecule has 2 N–H and O–H groups in total. The lowest BCUT2D eigenvalue weighted by atomic mass is 10.1. The van der Waals surface area contributed by atoms with Gasteiger partial charge in [-0.25, -0.2) is 9.97 Å². The number of aliphatic hydroxyl groups is 1. The summed E-state index contributed by atoms with van der Waals surface area (Å²) in [6, 6.07) is 11.7. The lowest BCUT2D eigenvalue weighted by molar-refractivity contribution is 0.102. The first kappa shape index (κ1) is 20.5. The molecule has 1 aliphatic rings. The zero-order valence-electron chi connectivity index (χ0n) is 16.7. The summed E-state index contributed by atoms with van der Waals surface area (Å²) in [6.07, 6.45) is 2.72. The number of thiazole rings is 1. The lowest BCUT2D eigenvalue weighted by Crippen LogP contribution is -2.37. The molecule has 1 fully saturated rings. The second kappa shape index (κ2) is 9.34. The van der Waals surface area contributed by atoms with Crippen molar-refractivity contribution in [2.75, 3.05) is 30.4 Å². The normalized spacial score (nSPS) is 14.7. The van der Waals surface area contributed by atoms with Gasteiger partial charge in [-0.3, -0.25) is 10.1 Å². The number of carbonyl (C=O) groups is 1. The highest BCUT2D eigenvalue weighted by Gasteiger charge is 2.23. The van der Waals surface area contributed by atoms with E-state index in [9.17, 15) is 9.90 Å².